The van der Waals surface area contributed by atoms with Crippen molar-refractivity contribution in [2.24, 2.45) is 0 Å². The van der Waals surface area contributed by atoms with Gasteiger partial charge in [-0.1, -0.05) is 0 Å². The zero-order chi connectivity index (χ0) is 15.3. The van der Waals surface area contributed by atoms with E-state index in [2.05, 4.69) is 10.0 Å². The average Bonchev–Trinajstić information content (AvgIpc) is 2.40. The van der Waals surface area contributed by atoms with Gasteiger partial charge in [0.25, 0.3) is 0 Å². The van der Waals surface area contributed by atoms with Gasteiger partial charge in [0.05, 0.1) is 12.3 Å². The molecular weight excluding hydrogens is 282 g/mol. The number of ether oxygens (including phenoxy) is 1. The number of hydrogen-bond acceptors (Lipinski definition) is 6. The fraction of sp³-hybridized carbons (Fsp3) is 0.417. The maximum Gasteiger partial charge on any atom is 0.328 e. The highest BCUT2D eigenvalue weighted by atomic mass is 32.2. The third-order valence-electron chi connectivity index (χ3n) is 2.58. The number of nitrogen functional groups attached to an aromatic ring is 1. The molecule has 0 bridgehead atoms. The van der Waals surface area contributed by atoms with Gasteiger partial charge < -0.3 is 15.8 Å². The van der Waals surface area contributed by atoms with Crippen LogP contribution < -0.4 is 15.8 Å². The van der Waals surface area contributed by atoms with Gasteiger partial charge in [-0.3, -0.25) is 0 Å². The van der Waals surface area contributed by atoms with Crippen LogP contribution in [0.1, 0.15) is 13.8 Å². The van der Waals surface area contributed by atoms with E-state index < -0.39 is 22.0 Å². The Kier molecular flexibility index (Phi) is 5.34. The van der Waals surface area contributed by atoms with Crippen molar-refractivity contribution < 1.29 is 17.9 Å². The molecule has 8 heteroatoms. The van der Waals surface area contributed by atoms with Gasteiger partial charge in [-0.15, -0.1) is 0 Å². The number of carbonyl (C=O) groups excluding carboxylic acids is 1. The van der Waals surface area contributed by atoms with Crippen molar-refractivity contribution in [1.29, 1.82) is 0 Å². The highest BCUT2D eigenvalue weighted by molar-refractivity contribution is 7.89. The van der Waals surface area contributed by atoms with E-state index in [1.54, 1.807) is 19.9 Å². The highest BCUT2D eigenvalue weighted by Crippen LogP contribution is 2.24. The second-order valence-electron chi connectivity index (χ2n) is 4.08. The normalized spacial score (nSPS) is 12.8. The lowest BCUT2D eigenvalue weighted by atomic mass is 10.2. The molecule has 4 N–H and O–H groups in total. The minimum atomic E-state index is -3.68. The van der Waals surface area contributed by atoms with Crippen molar-refractivity contribution in [3.05, 3.63) is 18.2 Å². The Morgan fingerprint density at radius 2 is 2.10 bits per heavy atom. The standard InChI is InChI=1S/C12H19N3O4S/c1-4-19-12(16)8(2)15-10-6-5-9(13)7-11(10)20(17,18)14-3/h5-8,14-15H,4,13H2,1-3H3. The summed E-state index contributed by atoms with van der Waals surface area (Å²) in [7, 11) is -2.38. The summed E-state index contributed by atoms with van der Waals surface area (Å²) in [5.41, 5.74) is 6.20. The highest BCUT2D eigenvalue weighted by Gasteiger charge is 2.21. The molecule has 0 saturated heterocycles. The predicted molar refractivity (Wildman–Crippen MR) is 76.8 cm³/mol. The van der Waals surface area contributed by atoms with E-state index >= 15 is 0 Å². The maximum absolute atomic E-state index is 11.9. The van der Waals surface area contributed by atoms with Crippen LogP contribution in [-0.4, -0.2) is 34.1 Å². The first-order valence-corrected chi connectivity index (χ1v) is 7.56. The lowest BCUT2D eigenvalue weighted by Gasteiger charge is -2.17. The fourth-order valence-corrected chi connectivity index (χ4v) is 2.48. The first kappa shape index (κ1) is 16.3. The Morgan fingerprint density at radius 3 is 2.65 bits per heavy atom. The summed E-state index contributed by atoms with van der Waals surface area (Å²) in [5.74, 6) is -0.461. The molecule has 0 aliphatic carbocycles. The molecule has 20 heavy (non-hydrogen) atoms. The number of esters is 1. The number of anilines is 2. The Labute approximate surface area is 118 Å². The summed E-state index contributed by atoms with van der Waals surface area (Å²) in [6.45, 7) is 3.54. The van der Waals surface area contributed by atoms with E-state index in [9.17, 15) is 13.2 Å². The number of nitrogens with two attached hydrogens (primary N) is 1. The largest absolute Gasteiger partial charge is 0.464 e. The summed E-state index contributed by atoms with van der Waals surface area (Å²) >= 11 is 0. The average molecular weight is 301 g/mol. The van der Waals surface area contributed by atoms with Crippen LogP contribution in [0.25, 0.3) is 0 Å². The smallest absolute Gasteiger partial charge is 0.328 e. The molecule has 0 radical (unpaired) electrons. The van der Waals surface area contributed by atoms with Crippen molar-refractivity contribution in [2.75, 3.05) is 24.7 Å². The first-order chi connectivity index (χ1) is 9.31. The van der Waals surface area contributed by atoms with Crippen molar-refractivity contribution in [3.63, 3.8) is 0 Å². The van der Waals surface area contributed by atoms with E-state index in [0.29, 0.717) is 5.69 Å². The van der Waals surface area contributed by atoms with Gasteiger partial charge in [0.1, 0.15) is 10.9 Å². The zero-order valence-electron chi connectivity index (χ0n) is 11.6. The maximum atomic E-state index is 11.9. The van der Waals surface area contributed by atoms with Crippen LogP contribution in [0, 0.1) is 0 Å². The van der Waals surface area contributed by atoms with E-state index in [4.69, 9.17) is 10.5 Å². The third-order valence-corrected chi connectivity index (χ3v) is 4.03. The number of benzene rings is 1. The molecule has 0 aliphatic heterocycles. The molecule has 112 valence electrons. The van der Waals surface area contributed by atoms with Gasteiger partial charge in [-0.05, 0) is 39.1 Å². The monoisotopic (exact) mass is 301 g/mol. The number of carbonyl (C=O) groups is 1. The van der Waals surface area contributed by atoms with E-state index in [-0.39, 0.29) is 17.2 Å². The van der Waals surface area contributed by atoms with Crippen LogP contribution in [0.2, 0.25) is 0 Å². The molecule has 1 aromatic rings. The molecule has 0 spiro atoms. The quantitative estimate of drug-likeness (QED) is 0.522. The number of nitrogens with one attached hydrogen (secondary N) is 2. The second-order valence-corrected chi connectivity index (χ2v) is 5.94. The molecule has 0 aliphatic rings. The van der Waals surface area contributed by atoms with Crippen LogP contribution in [0.3, 0.4) is 0 Å². The third kappa shape index (κ3) is 3.84. The van der Waals surface area contributed by atoms with Crippen LogP contribution in [-0.2, 0) is 19.6 Å². The zero-order valence-corrected chi connectivity index (χ0v) is 12.5. The van der Waals surface area contributed by atoms with E-state index in [1.807, 2.05) is 0 Å². The van der Waals surface area contributed by atoms with Crippen LogP contribution in [0.15, 0.2) is 23.1 Å². The van der Waals surface area contributed by atoms with Crippen LogP contribution >= 0.6 is 0 Å². The van der Waals surface area contributed by atoms with Gasteiger partial charge in [-0.2, -0.15) is 0 Å². The number of rotatable bonds is 6. The van der Waals surface area contributed by atoms with Crippen molar-refractivity contribution in [3.8, 4) is 0 Å². The fourth-order valence-electron chi connectivity index (χ4n) is 1.55. The molecule has 0 heterocycles. The minimum absolute atomic E-state index is 0.0175. The Hall–Kier alpha value is -1.80. The summed E-state index contributed by atoms with van der Waals surface area (Å²) < 4.78 is 30.9. The molecule has 0 saturated carbocycles. The van der Waals surface area contributed by atoms with Crippen molar-refractivity contribution in [2.45, 2.75) is 24.8 Å². The van der Waals surface area contributed by atoms with Crippen molar-refractivity contribution >= 4 is 27.4 Å². The molecule has 1 aromatic carbocycles. The summed E-state index contributed by atoms with van der Waals surface area (Å²) in [6, 6.07) is 3.71. The van der Waals surface area contributed by atoms with E-state index in [1.165, 1.54) is 19.2 Å². The van der Waals surface area contributed by atoms with Crippen LogP contribution in [0.5, 0.6) is 0 Å². The second kappa shape index (κ2) is 6.58. The molecule has 1 atom stereocenters. The lowest BCUT2D eigenvalue weighted by Crippen LogP contribution is -2.29. The van der Waals surface area contributed by atoms with E-state index in [0.717, 1.165) is 0 Å². The molecule has 1 rings (SSSR count). The van der Waals surface area contributed by atoms with Gasteiger partial charge in [-0.25, -0.2) is 17.9 Å². The predicted octanol–water partition coefficient (Wildman–Crippen LogP) is 0.540. The molecule has 0 aromatic heterocycles. The number of hydrogen-bond donors (Lipinski definition) is 3. The Balaban J connectivity index is 3.10. The summed E-state index contributed by atoms with van der Waals surface area (Å²) in [4.78, 5) is 11.6. The summed E-state index contributed by atoms with van der Waals surface area (Å²) in [5, 5.41) is 2.81. The molecular formula is C12H19N3O4S. The molecule has 0 fully saturated rings. The SMILES string of the molecule is CCOC(=O)C(C)Nc1ccc(N)cc1S(=O)(=O)NC. The van der Waals surface area contributed by atoms with Gasteiger partial charge >= 0.3 is 5.97 Å². The molecule has 1 unspecified atom stereocenters. The van der Waals surface area contributed by atoms with Gasteiger partial charge in [0.15, 0.2) is 0 Å². The minimum Gasteiger partial charge on any atom is -0.464 e. The van der Waals surface area contributed by atoms with Crippen molar-refractivity contribution in [1.82, 2.24) is 4.72 Å². The Morgan fingerprint density at radius 1 is 1.45 bits per heavy atom. The summed E-state index contributed by atoms with van der Waals surface area (Å²) in [6.07, 6.45) is 0. The first-order valence-electron chi connectivity index (χ1n) is 6.08. The lowest BCUT2D eigenvalue weighted by molar-refractivity contribution is -0.143. The Bertz CT molecular complexity index is 586. The van der Waals surface area contributed by atoms with Gasteiger partial charge in [0, 0.05) is 5.69 Å². The van der Waals surface area contributed by atoms with Crippen LogP contribution in [0.4, 0.5) is 11.4 Å². The topological polar surface area (TPSA) is 111 Å². The van der Waals surface area contributed by atoms with Gasteiger partial charge in [0.2, 0.25) is 10.0 Å². The molecule has 0 amide bonds. The molecule has 7 nitrogen and oxygen atoms in total. The number of sulfonamides is 1.